The lowest BCUT2D eigenvalue weighted by Crippen LogP contribution is -2.15. The van der Waals surface area contributed by atoms with Gasteiger partial charge in [-0.25, -0.2) is 4.79 Å². The molecule has 0 saturated heterocycles. The molecule has 102 valence electrons. The Morgan fingerprint density at radius 2 is 1.95 bits per heavy atom. The summed E-state index contributed by atoms with van der Waals surface area (Å²) in [6.45, 7) is 1.78. The Morgan fingerprint density at radius 1 is 1.20 bits per heavy atom. The van der Waals surface area contributed by atoms with Crippen molar-refractivity contribution in [1.29, 1.82) is 0 Å². The number of aryl methyl sites for hydroxylation is 1. The van der Waals surface area contributed by atoms with Crippen molar-refractivity contribution in [3.63, 3.8) is 0 Å². The second-order valence-corrected chi connectivity index (χ2v) is 4.20. The van der Waals surface area contributed by atoms with Gasteiger partial charge in [0.2, 0.25) is 0 Å². The third kappa shape index (κ3) is 2.74. The molecule has 1 aromatic heterocycles. The standard InChI is InChI=1S/C14H12N2O4/c1-8-2-3-10(12(17)6-8)13(18)16-11-7-15-5-4-9(11)14(19)20/h2-7,17H,1H3,(H,16,18)(H,19,20). The van der Waals surface area contributed by atoms with Crippen molar-refractivity contribution in [1.82, 2.24) is 4.98 Å². The number of hydrogen-bond acceptors (Lipinski definition) is 4. The number of phenols is 1. The molecule has 0 radical (unpaired) electrons. The molecular weight excluding hydrogens is 260 g/mol. The van der Waals surface area contributed by atoms with E-state index in [9.17, 15) is 14.7 Å². The maximum absolute atomic E-state index is 12.0. The first kappa shape index (κ1) is 13.5. The molecule has 2 aromatic rings. The molecule has 0 atom stereocenters. The minimum Gasteiger partial charge on any atom is -0.507 e. The number of amides is 1. The van der Waals surface area contributed by atoms with Gasteiger partial charge in [0.25, 0.3) is 5.91 Å². The lowest BCUT2D eigenvalue weighted by molar-refractivity contribution is 0.0698. The van der Waals surface area contributed by atoms with Gasteiger partial charge in [0.15, 0.2) is 0 Å². The van der Waals surface area contributed by atoms with Gasteiger partial charge < -0.3 is 15.5 Å². The monoisotopic (exact) mass is 272 g/mol. The number of pyridine rings is 1. The summed E-state index contributed by atoms with van der Waals surface area (Å²) in [6, 6.07) is 5.88. The van der Waals surface area contributed by atoms with Crippen LogP contribution >= 0.6 is 0 Å². The van der Waals surface area contributed by atoms with Crippen molar-refractivity contribution in [3.05, 3.63) is 53.3 Å². The predicted molar refractivity (Wildman–Crippen MR) is 72.0 cm³/mol. The maximum Gasteiger partial charge on any atom is 0.337 e. The van der Waals surface area contributed by atoms with Crippen molar-refractivity contribution < 1.29 is 19.8 Å². The molecule has 0 saturated carbocycles. The molecule has 0 unspecified atom stereocenters. The first-order chi connectivity index (χ1) is 9.49. The lowest BCUT2D eigenvalue weighted by atomic mass is 10.1. The number of carbonyl (C=O) groups is 2. The number of aromatic nitrogens is 1. The normalized spacial score (nSPS) is 10.1. The SMILES string of the molecule is Cc1ccc(C(=O)Nc2cnccc2C(=O)O)c(O)c1. The number of carbonyl (C=O) groups excluding carboxylic acids is 1. The number of carboxylic acid groups (broad SMARTS) is 1. The highest BCUT2D eigenvalue weighted by Crippen LogP contribution is 2.21. The topological polar surface area (TPSA) is 99.5 Å². The Bertz CT molecular complexity index is 683. The van der Waals surface area contributed by atoms with Gasteiger partial charge in [-0.1, -0.05) is 6.07 Å². The summed E-state index contributed by atoms with van der Waals surface area (Å²) in [7, 11) is 0. The average molecular weight is 272 g/mol. The van der Waals surface area contributed by atoms with E-state index < -0.39 is 11.9 Å². The van der Waals surface area contributed by atoms with Crippen molar-refractivity contribution >= 4 is 17.6 Å². The summed E-state index contributed by atoms with van der Waals surface area (Å²) in [5.41, 5.74) is 0.882. The molecule has 1 amide bonds. The first-order valence-corrected chi connectivity index (χ1v) is 5.77. The van der Waals surface area contributed by atoms with Crippen molar-refractivity contribution in [2.75, 3.05) is 5.32 Å². The average Bonchev–Trinajstić information content (AvgIpc) is 2.38. The molecule has 0 bridgehead atoms. The van der Waals surface area contributed by atoms with Crippen LogP contribution in [0.25, 0.3) is 0 Å². The number of anilines is 1. The van der Waals surface area contributed by atoms with E-state index in [1.165, 1.54) is 30.6 Å². The number of nitrogens with one attached hydrogen (secondary N) is 1. The number of carboxylic acids is 1. The highest BCUT2D eigenvalue weighted by molar-refractivity contribution is 6.08. The van der Waals surface area contributed by atoms with Gasteiger partial charge in [-0.15, -0.1) is 0 Å². The largest absolute Gasteiger partial charge is 0.507 e. The molecule has 0 fully saturated rings. The van der Waals surface area contributed by atoms with Gasteiger partial charge in [-0.2, -0.15) is 0 Å². The predicted octanol–water partition coefficient (Wildman–Crippen LogP) is 2.05. The molecule has 2 rings (SSSR count). The highest BCUT2D eigenvalue weighted by Gasteiger charge is 2.15. The third-order valence-corrected chi connectivity index (χ3v) is 2.70. The van der Waals surface area contributed by atoms with E-state index in [4.69, 9.17) is 5.11 Å². The van der Waals surface area contributed by atoms with Gasteiger partial charge in [-0.05, 0) is 30.7 Å². The Kier molecular flexibility index (Phi) is 3.65. The zero-order valence-corrected chi connectivity index (χ0v) is 10.6. The molecule has 3 N–H and O–H groups in total. The zero-order valence-electron chi connectivity index (χ0n) is 10.6. The number of aromatic hydroxyl groups is 1. The Hall–Kier alpha value is -2.89. The molecule has 0 aliphatic rings. The van der Waals surface area contributed by atoms with Crippen LogP contribution in [0.5, 0.6) is 5.75 Å². The van der Waals surface area contributed by atoms with Crippen LogP contribution in [0.3, 0.4) is 0 Å². The summed E-state index contributed by atoms with van der Waals surface area (Å²) in [5.74, 6) is -1.93. The molecule has 1 heterocycles. The lowest BCUT2D eigenvalue weighted by Gasteiger charge is -2.09. The van der Waals surface area contributed by atoms with E-state index in [-0.39, 0.29) is 22.6 Å². The van der Waals surface area contributed by atoms with Gasteiger partial charge in [0.1, 0.15) is 5.75 Å². The summed E-state index contributed by atoms with van der Waals surface area (Å²) in [6.07, 6.45) is 2.56. The van der Waals surface area contributed by atoms with E-state index in [1.54, 1.807) is 13.0 Å². The molecule has 0 spiro atoms. The van der Waals surface area contributed by atoms with E-state index >= 15 is 0 Å². The molecule has 20 heavy (non-hydrogen) atoms. The minimum atomic E-state index is -1.17. The summed E-state index contributed by atoms with van der Waals surface area (Å²) in [5, 5.41) is 21.2. The number of benzene rings is 1. The number of nitrogens with zero attached hydrogens (tertiary/aromatic N) is 1. The highest BCUT2D eigenvalue weighted by atomic mass is 16.4. The van der Waals surface area contributed by atoms with Crippen LogP contribution in [0.4, 0.5) is 5.69 Å². The Labute approximate surface area is 114 Å². The fourth-order valence-corrected chi connectivity index (χ4v) is 1.70. The third-order valence-electron chi connectivity index (χ3n) is 2.70. The van der Waals surface area contributed by atoms with E-state index in [2.05, 4.69) is 10.3 Å². The summed E-state index contributed by atoms with van der Waals surface area (Å²) in [4.78, 5) is 26.8. The minimum absolute atomic E-state index is 0.0655. The van der Waals surface area contributed by atoms with E-state index in [0.29, 0.717) is 0 Å². The van der Waals surface area contributed by atoms with E-state index in [1.807, 2.05) is 0 Å². The van der Waals surface area contributed by atoms with Gasteiger partial charge in [0, 0.05) is 6.20 Å². The maximum atomic E-state index is 12.0. The second kappa shape index (κ2) is 5.40. The summed E-state index contributed by atoms with van der Waals surface area (Å²) < 4.78 is 0. The summed E-state index contributed by atoms with van der Waals surface area (Å²) >= 11 is 0. The van der Waals surface area contributed by atoms with Crippen LogP contribution in [0.2, 0.25) is 0 Å². The molecule has 0 aliphatic carbocycles. The van der Waals surface area contributed by atoms with Crippen molar-refractivity contribution in [3.8, 4) is 5.75 Å². The molecular formula is C14H12N2O4. The smallest absolute Gasteiger partial charge is 0.337 e. The Balaban J connectivity index is 2.30. The van der Waals surface area contributed by atoms with Gasteiger partial charge >= 0.3 is 5.97 Å². The van der Waals surface area contributed by atoms with Crippen LogP contribution < -0.4 is 5.32 Å². The fraction of sp³-hybridized carbons (Fsp3) is 0.0714. The van der Waals surface area contributed by atoms with Crippen molar-refractivity contribution in [2.24, 2.45) is 0 Å². The van der Waals surface area contributed by atoms with Crippen LogP contribution in [-0.2, 0) is 0 Å². The van der Waals surface area contributed by atoms with Crippen LogP contribution in [0.15, 0.2) is 36.7 Å². The van der Waals surface area contributed by atoms with E-state index in [0.717, 1.165) is 5.56 Å². The van der Waals surface area contributed by atoms with Gasteiger partial charge in [-0.3, -0.25) is 9.78 Å². The molecule has 6 nitrogen and oxygen atoms in total. The molecule has 6 heteroatoms. The van der Waals surface area contributed by atoms with Crippen LogP contribution in [-0.4, -0.2) is 27.1 Å². The second-order valence-electron chi connectivity index (χ2n) is 4.20. The van der Waals surface area contributed by atoms with Gasteiger partial charge in [0.05, 0.1) is 23.0 Å². The fourth-order valence-electron chi connectivity index (χ4n) is 1.70. The molecule has 1 aromatic carbocycles. The zero-order chi connectivity index (χ0) is 14.7. The van der Waals surface area contributed by atoms with Crippen molar-refractivity contribution in [2.45, 2.75) is 6.92 Å². The quantitative estimate of drug-likeness (QED) is 0.794. The molecule has 0 aliphatic heterocycles. The van der Waals surface area contributed by atoms with Crippen LogP contribution in [0.1, 0.15) is 26.3 Å². The van der Waals surface area contributed by atoms with Crippen LogP contribution in [0, 0.1) is 6.92 Å². The number of aromatic carboxylic acids is 1. The number of rotatable bonds is 3. The number of hydrogen-bond donors (Lipinski definition) is 3. The number of phenolic OH excluding ortho intramolecular Hbond substituents is 1. The first-order valence-electron chi connectivity index (χ1n) is 5.77. The Morgan fingerprint density at radius 3 is 2.60 bits per heavy atom.